The number of fused-ring (bicyclic) bond motifs is 1. The van der Waals surface area contributed by atoms with Crippen LogP contribution in [0.15, 0.2) is 90.6 Å². The predicted molar refractivity (Wildman–Crippen MR) is 208 cm³/mol. The van der Waals surface area contributed by atoms with Crippen LogP contribution in [0.5, 0.6) is 0 Å². The molecule has 4 aliphatic rings. The number of ether oxygens (including phenoxy) is 3. The van der Waals surface area contributed by atoms with Crippen molar-refractivity contribution in [2.24, 2.45) is 5.92 Å². The molecule has 56 heavy (non-hydrogen) atoms. The fourth-order valence-electron chi connectivity index (χ4n) is 8.43. The van der Waals surface area contributed by atoms with Gasteiger partial charge in [0.05, 0.1) is 44.8 Å². The van der Waals surface area contributed by atoms with Crippen LogP contribution in [0, 0.1) is 5.92 Å². The number of aromatic amines is 2. The molecule has 2 fully saturated rings. The third kappa shape index (κ3) is 7.49. The predicted octanol–water partition coefficient (Wildman–Crippen LogP) is 7.06. The van der Waals surface area contributed by atoms with Crippen molar-refractivity contribution in [3.8, 4) is 22.8 Å². The van der Waals surface area contributed by atoms with E-state index < -0.39 is 29.2 Å². The Hall–Kier alpha value is -4.57. The van der Waals surface area contributed by atoms with Gasteiger partial charge in [-0.25, -0.2) is 9.59 Å². The van der Waals surface area contributed by atoms with Crippen LogP contribution in [-0.2, 0) is 19.0 Å². The summed E-state index contributed by atoms with van der Waals surface area (Å²) in [6.07, 6.45) is 16.4. The molecule has 0 spiro atoms. The Bertz CT molecular complexity index is 2190. The van der Waals surface area contributed by atoms with Crippen LogP contribution < -0.4 is 16.4 Å². The number of allylic oxidation sites excluding steroid dienone is 2. The highest BCUT2D eigenvalue weighted by molar-refractivity contribution is 6.31. The zero-order valence-corrected chi connectivity index (χ0v) is 32.6. The third-order valence-corrected chi connectivity index (χ3v) is 11.6. The summed E-state index contributed by atoms with van der Waals surface area (Å²) in [6, 6.07) is 9.17. The first-order valence-electron chi connectivity index (χ1n) is 18.9. The van der Waals surface area contributed by atoms with Crippen molar-refractivity contribution < 1.29 is 32.5 Å². The van der Waals surface area contributed by atoms with E-state index in [4.69, 9.17) is 46.5 Å². The summed E-state index contributed by atoms with van der Waals surface area (Å²) in [5, 5.41) is 8.49. The molecule has 0 bridgehead atoms. The maximum atomic E-state index is 15.7. The highest BCUT2D eigenvalue weighted by Crippen LogP contribution is 2.47. The Morgan fingerprint density at radius 3 is 2.05 bits per heavy atom. The number of aromatic nitrogens is 4. The summed E-state index contributed by atoms with van der Waals surface area (Å²) in [4.78, 5) is 46.7. The molecule has 3 unspecified atom stereocenters. The van der Waals surface area contributed by atoms with Crippen LogP contribution in [0.25, 0.3) is 22.8 Å². The van der Waals surface area contributed by atoms with Gasteiger partial charge in [-0.05, 0) is 80.5 Å². The average Bonchev–Trinajstić information content (AvgIpc) is 3.91. The van der Waals surface area contributed by atoms with Crippen LogP contribution in [0.3, 0.4) is 0 Å². The van der Waals surface area contributed by atoms with E-state index in [-0.39, 0.29) is 44.7 Å². The zero-order chi connectivity index (χ0) is 39.0. The van der Waals surface area contributed by atoms with E-state index in [1.807, 2.05) is 38.4 Å². The molecule has 4 aromatic rings. The number of amides is 1. The SMILES string of the molecule is C[N+]1(C)C(C(=O)N(c2ccc(Cl)cc2-c2noc(=O)[nH]2)c2ccc(Cl)cc2-c2noc(=O)[nH]2)=CC2=CC=CC(OCC3CCCCC3)(OCC3CCCCO3)C21. The number of quaternary nitrogens is 1. The maximum absolute atomic E-state index is 15.7. The molecule has 1 saturated heterocycles. The van der Waals surface area contributed by atoms with Gasteiger partial charge in [-0.1, -0.05) is 64.9 Å². The Kier molecular flexibility index (Phi) is 10.8. The van der Waals surface area contributed by atoms with Crippen LogP contribution in [-0.4, -0.2) is 82.5 Å². The quantitative estimate of drug-likeness (QED) is 0.118. The van der Waals surface area contributed by atoms with Gasteiger partial charge in [0.15, 0.2) is 23.4 Å². The summed E-state index contributed by atoms with van der Waals surface area (Å²) < 4.78 is 29.8. The minimum absolute atomic E-state index is 0.0368. The van der Waals surface area contributed by atoms with Crippen molar-refractivity contribution in [1.29, 1.82) is 0 Å². The number of anilines is 2. The van der Waals surface area contributed by atoms with Crippen LogP contribution in [0.4, 0.5) is 11.4 Å². The van der Waals surface area contributed by atoms with Crippen molar-refractivity contribution in [2.75, 3.05) is 38.8 Å². The summed E-state index contributed by atoms with van der Waals surface area (Å²) in [5.41, 5.74) is 2.38. The Morgan fingerprint density at radius 2 is 1.48 bits per heavy atom. The highest BCUT2D eigenvalue weighted by atomic mass is 35.5. The molecule has 8 rings (SSSR count). The lowest BCUT2D eigenvalue weighted by molar-refractivity contribution is -0.875. The number of rotatable bonds is 11. The molecule has 2 N–H and O–H groups in total. The van der Waals surface area contributed by atoms with Gasteiger partial charge < -0.3 is 14.2 Å². The molecule has 2 aromatic carbocycles. The third-order valence-electron chi connectivity index (χ3n) is 11.1. The highest BCUT2D eigenvalue weighted by Gasteiger charge is 2.59. The number of nitrogens with one attached hydrogen (secondary N) is 2. The first-order valence-corrected chi connectivity index (χ1v) is 19.7. The largest absolute Gasteiger partial charge is 0.439 e. The van der Waals surface area contributed by atoms with Crippen molar-refractivity contribution in [3.05, 3.63) is 103 Å². The number of H-pyrrole nitrogens is 2. The normalized spacial score (nSPS) is 23.4. The van der Waals surface area contributed by atoms with E-state index >= 15 is 4.79 Å². The lowest BCUT2D eigenvalue weighted by Gasteiger charge is -2.46. The smallest absolute Gasteiger partial charge is 0.376 e. The summed E-state index contributed by atoms with van der Waals surface area (Å²) in [5.74, 6) is -2.77. The second-order valence-corrected chi connectivity index (χ2v) is 16.1. The lowest BCUT2D eigenvalue weighted by Crippen LogP contribution is -2.62. The van der Waals surface area contributed by atoms with Crippen molar-refractivity contribution >= 4 is 40.5 Å². The number of benzene rings is 2. The van der Waals surface area contributed by atoms with E-state index in [1.165, 1.54) is 24.2 Å². The molecule has 14 nitrogen and oxygen atoms in total. The molecule has 4 heterocycles. The monoisotopic (exact) mass is 805 g/mol. The first-order chi connectivity index (χ1) is 27.0. The van der Waals surface area contributed by atoms with Crippen LogP contribution in [0.2, 0.25) is 10.0 Å². The number of carbonyl (C=O) groups excluding carboxylic acids is 1. The van der Waals surface area contributed by atoms with E-state index in [0.29, 0.717) is 41.5 Å². The molecule has 3 atom stereocenters. The zero-order valence-electron chi connectivity index (χ0n) is 31.1. The average molecular weight is 807 g/mol. The van der Waals surface area contributed by atoms with Gasteiger partial charge in [0.25, 0.3) is 0 Å². The lowest BCUT2D eigenvalue weighted by atomic mass is 9.89. The van der Waals surface area contributed by atoms with E-state index in [9.17, 15) is 9.59 Å². The van der Waals surface area contributed by atoms with Crippen molar-refractivity contribution in [2.45, 2.75) is 69.3 Å². The molecule has 294 valence electrons. The number of nitrogens with zero attached hydrogens (tertiary/aromatic N) is 4. The molecule has 2 aliphatic heterocycles. The second kappa shape index (κ2) is 15.8. The van der Waals surface area contributed by atoms with Crippen LogP contribution >= 0.6 is 23.2 Å². The minimum atomic E-state index is -1.22. The number of halogens is 2. The molecule has 1 saturated carbocycles. The van der Waals surface area contributed by atoms with Gasteiger partial charge in [0, 0.05) is 39.4 Å². The molecule has 2 aliphatic carbocycles. The maximum Gasteiger partial charge on any atom is 0.439 e. The van der Waals surface area contributed by atoms with Gasteiger partial charge >= 0.3 is 17.4 Å². The van der Waals surface area contributed by atoms with Gasteiger partial charge in [-0.15, -0.1) is 0 Å². The Morgan fingerprint density at radius 1 is 0.875 bits per heavy atom. The fourth-order valence-corrected chi connectivity index (χ4v) is 8.77. The molecule has 2 aromatic heterocycles. The van der Waals surface area contributed by atoms with Gasteiger partial charge in [0.1, 0.15) is 0 Å². The number of carbonyl (C=O) groups is 1. The number of hydrogen-bond donors (Lipinski definition) is 2. The van der Waals surface area contributed by atoms with Crippen LogP contribution in [0.1, 0.15) is 51.4 Å². The first kappa shape index (κ1) is 38.3. The Balaban J connectivity index is 1.24. The van der Waals surface area contributed by atoms with E-state index in [1.54, 1.807) is 36.4 Å². The molecule has 16 heteroatoms. The van der Waals surface area contributed by atoms with Gasteiger partial charge in [-0.2, -0.15) is 0 Å². The van der Waals surface area contributed by atoms with Crippen molar-refractivity contribution in [3.63, 3.8) is 0 Å². The number of hydrogen-bond acceptors (Lipinski definition) is 10. The van der Waals surface area contributed by atoms with Gasteiger partial charge in [0.2, 0.25) is 5.79 Å². The fraction of sp³-hybridized carbons (Fsp3) is 0.425. The minimum Gasteiger partial charge on any atom is -0.376 e. The van der Waals surface area contributed by atoms with Crippen molar-refractivity contribution in [1.82, 2.24) is 20.3 Å². The Labute approximate surface area is 332 Å². The second-order valence-electron chi connectivity index (χ2n) is 15.2. The molecular formula is C40H43Cl2N6O8+. The summed E-state index contributed by atoms with van der Waals surface area (Å²) in [7, 11) is 3.92. The molecular weight excluding hydrogens is 763 g/mol. The standard InChI is InChI=1S/C40H42Cl2N6O8/c1-48(2)33(19-25-11-8-17-40(34(25)48,53-22-24-9-4-3-5-10-24)54-23-28-12-6-7-18-52-28)37(49)47(31-15-13-26(41)20-29(31)35-43-38(50)55-45-35)32-16-14-27(42)21-30(32)36-44-39(51)56-46-36/h8,11,13-17,19-21,24,28,34H,3-7,9-10,12,18,22-23H2,1-2H3,(H-,43,44,45,46,50,51)/p+1. The summed E-state index contributed by atoms with van der Waals surface area (Å²) >= 11 is 13.0. The molecule has 1 amide bonds. The van der Waals surface area contributed by atoms with E-state index in [2.05, 4.69) is 20.3 Å². The van der Waals surface area contributed by atoms with Gasteiger partial charge in [-0.3, -0.25) is 33.2 Å². The summed E-state index contributed by atoms with van der Waals surface area (Å²) in [6.45, 7) is 1.54. The number of likely N-dealkylation sites (N-methyl/N-ethyl adjacent to an activating group) is 1. The molecule has 0 radical (unpaired) electrons. The topological polar surface area (TPSA) is 166 Å². The van der Waals surface area contributed by atoms with E-state index in [0.717, 1.165) is 37.7 Å².